The highest BCUT2D eigenvalue weighted by Crippen LogP contribution is 2.34. The number of rotatable bonds is 2. The van der Waals surface area contributed by atoms with E-state index in [9.17, 15) is 9.59 Å². The Morgan fingerprint density at radius 1 is 1.40 bits per heavy atom. The van der Waals surface area contributed by atoms with Gasteiger partial charge in [0.2, 0.25) is 0 Å². The van der Waals surface area contributed by atoms with Crippen molar-refractivity contribution in [3.63, 3.8) is 0 Å². The Labute approximate surface area is 151 Å². The van der Waals surface area contributed by atoms with Crippen LogP contribution >= 0.6 is 11.3 Å². The maximum atomic E-state index is 12.8. The van der Waals surface area contributed by atoms with Gasteiger partial charge in [-0.1, -0.05) is 6.92 Å². The zero-order valence-corrected chi connectivity index (χ0v) is 15.2. The van der Waals surface area contributed by atoms with Crippen molar-refractivity contribution in [2.24, 2.45) is 5.92 Å². The molecule has 1 aliphatic heterocycles. The maximum Gasteiger partial charge on any atom is 0.313 e. The normalized spacial score (nSPS) is 20.3. The molecule has 0 aliphatic carbocycles. The number of amides is 2. The Morgan fingerprint density at radius 2 is 2.20 bits per heavy atom. The Bertz CT molecular complexity index is 775. The molecule has 132 valence electrons. The summed E-state index contributed by atoms with van der Waals surface area (Å²) in [6, 6.07) is 3.70. The highest BCUT2D eigenvalue weighted by Gasteiger charge is 2.34. The highest BCUT2D eigenvalue weighted by atomic mass is 32.1. The molecule has 6 nitrogen and oxygen atoms in total. The number of anilines is 2. The Hall–Kier alpha value is -2.41. The van der Waals surface area contributed by atoms with E-state index >= 15 is 0 Å². The van der Waals surface area contributed by atoms with Crippen molar-refractivity contribution < 1.29 is 9.59 Å². The van der Waals surface area contributed by atoms with Crippen LogP contribution in [0.1, 0.15) is 36.9 Å². The molecule has 2 amide bonds. The van der Waals surface area contributed by atoms with Gasteiger partial charge in [-0.2, -0.15) is 11.3 Å². The molecule has 0 radical (unpaired) electrons. The summed E-state index contributed by atoms with van der Waals surface area (Å²) in [5, 5.41) is 6.69. The van der Waals surface area contributed by atoms with Gasteiger partial charge in [-0.15, -0.1) is 0 Å². The number of hydrogen-bond donors (Lipinski definition) is 2. The number of thiophene rings is 1. The quantitative estimate of drug-likeness (QED) is 0.808. The lowest BCUT2D eigenvalue weighted by Crippen LogP contribution is -2.46. The fraction of sp³-hybridized carbons (Fsp3) is 0.389. The topological polar surface area (TPSA) is 88.3 Å². The third-order valence-electron chi connectivity index (χ3n) is 4.58. The summed E-state index contributed by atoms with van der Waals surface area (Å²) < 4.78 is 0. The minimum atomic E-state index is -0.639. The number of aromatic nitrogens is 1. The molecule has 3 heterocycles. The molecule has 2 aromatic heterocycles. The monoisotopic (exact) mass is 358 g/mol. The third kappa shape index (κ3) is 3.82. The van der Waals surface area contributed by atoms with Gasteiger partial charge in [-0.3, -0.25) is 9.59 Å². The van der Waals surface area contributed by atoms with E-state index in [0.717, 1.165) is 24.0 Å². The van der Waals surface area contributed by atoms with Crippen molar-refractivity contribution in [2.45, 2.75) is 32.7 Å². The Balaban J connectivity index is 1.76. The fourth-order valence-corrected chi connectivity index (χ4v) is 3.86. The van der Waals surface area contributed by atoms with Crippen molar-refractivity contribution >= 4 is 34.7 Å². The number of nitrogen functional groups attached to an aromatic ring is 1. The van der Waals surface area contributed by atoms with Crippen LogP contribution in [0.3, 0.4) is 0 Å². The van der Waals surface area contributed by atoms with E-state index in [0.29, 0.717) is 24.0 Å². The fourth-order valence-electron chi connectivity index (χ4n) is 3.16. The molecule has 0 saturated carbocycles. The first-order chi connectivity index (χ1) is 12.0. The summed E-state index contributed by atoms with van der Waals surface area (Å²) >= 11 is 1.60. The SMILES string of the molecule is Cc1cc(NC(=O)C(=O)N2C[C@@H](C)CC[C@@H]2c2ccsc2)cnc1N. The van der Waals surface area contributed by atoms with Gasteiger partial charge in [-0.05, 0) is 59.7 Å². The summed E-state index contributed by atoms with van der Waals surface area (Å²) in [5.41, 5.74) is 8.02. The summed E-state index contributed by atoms with van der Waals surface area (Å²) in [6.45, 7) is 4.50. The number of hydrogen-bond acceptors (Lipinski definition) is 5. The zero-order chi connectivity index (χ0) is 18.0. The number of nitrogens with zero attached hydrogens (tertiary/aromatic N) is 2. The second-order valence-corrected chi connectivity index (χ2v) is 7.37. The molecule has 1 fully saturated rings. The molecule has 2 aromatic rings. The summed E-state index contributed by atoms with van der Waals surface area (Å²) in [4.78, 5) is 31.0. The van der Waals surface area contributed by atoms with Crippen LogP contribution in [0.15, 0.2) is 29.1 Å². The first-order valence-electron chi connectivity index (χ1n) is 8.32. The smallest absolute Gasteiger partial charge is 0.313 e. The summed E-state index contributed by atoms with van der Waals surface area (Å²) in [6.07, 6.45) is 3.38. The van der Waals surface area contributed by atoms with Gasteiger partial charge in [0.15, 0.2) is 0 Å². The van der Waals surface area contributed by atoms with Gasteiger partial charge < -0.3 is 16.0 Å². The average Bonchev–Trinajstić information content (AvgIpc) is 3.11. The van der Waals surface area contributed by atoms with E-state index in [-0.39, 0.29) is 6.04 Å². The summed E-state index contributed by atoms with van der Waals surface area (Å²) in [5.74, 6) is -0.351. The minimum Gasteiger partial charge on any atom is -0.383 e. The summed E-state index contributed by atoms with van der Waals surface area (Å²) in [7, 11) is 0. The van der Waals surface area contributed by atoms with Gasteiger partial charge in [0.05, 0.1) is 17.9 Å². The van der Waals surface area contributed by atoms with Crippen molar-refractivity contribution in [3.05, 3.63) is 40.2 Å². The maximum absolute atomic E-state index is 12.8. The van der Waals surface area contributed by atoms with Crippen LogP contribution in [-0.2, 0) is 9.59 Å². The number of carbonyl (C=O) groups excluding carboxylic acids is 2. The lowest BCUT2D eigenvalue weighted by Gasteiger charge is -2.38. The van der Waals surface area contributed by atoms with Crippen LogP contribution in [0, 0.1) is 12.8 Å². The number of aryl methyl sites for hydroxylation is 1. The molecular formula is C18H22N4O2S. The molecule has 2 atom stereocenters. The first kappa shape index (κ1) is 17.4. The van der Waals surface area contributed by atoms with Crippen LogP contribution in [0.2, 0.25) is 0 Å². The van der Waals surface area contributed by atoms with Gasteiger partial charge in [-0.25, -0.2) is 4.98 Å². The van der Waals surface area contributed by atoms with Gasteiger partial charge >= 0.3 is 11.8 Å². The lowest BCUT2D eigenvalue weighted by molar-refractivity contribution is -0.146. The molecule has 3 N–H and O–H groups in total. The average molecular weight is 358 g/mol. The lowest BCUT2D eigenvalue weighted by atomic mass is 9.91. The number of pyridine rings is 1. The van der Waals surface area contributed by atoms with Crippen LogP contribution in [0.25, 0.3) is 0 Å². The van der Waals surface area contributed by atoms with E-state index < -0.39 is 11.8 Å². The van der Waals surface area contributed by atoms with Crippen LogP contribution in [0.5, 0.6) is 0 Å². The highest BCUT2D eigenvalue weighted by molar-refractivity contribution is 7.08. The molecule has 0 spiro atoms. The molecule has 25 heavy (non-hydrogen) atoms. The minimum absolute atomic E-state index is 0.0352. The van der Waals surface area contributed by atoms with Crippen LogP contribution < -0.4 is 11.1 Å². The van der Waals surface area contributed by atoms with E-state index in [2.05, 4.69) is 17.2 Å². The zero-order valence-electron chi connectivity index (χ0n) is 14.4. The van der Waals surface area contributed by atoms with E-state index in [1.807, 2.05) is 16.8 Å². The molecule has 1 aliphatic rings. The largest absolute Gasteiger partial charge is 0.383 e. The van der Waals surface area contributed by atoms with E-state index in [1.165, 1.54) is 6.20 Å². The van der Waals surface area contributed by atoms with Gasteiger partial charge in [0, 0.05) is 6.54 Å². The van der Waals surface area contributed by atoms with Gasteiger partial charge in [0.25, 0.3) is 0 Å². The standard InChI is InChI=1S/C18H22N4O2S/c1-11-3-4-15(13-5-6-25-10-13)22(9-11)18(24)17(23)21-14-7-12(2)16(19)20-8-14/h5-8,10-11,15H,3-4,9H2,1-2H3,(H2,19,20)(H,21,23)/t11-,15+/m0/s1. The van der Waals surface area contributed by atoms with E-state index in [4.69, 9.17) is 5.73 Å². The molecular weight excluding hydrogens is 336 g/mol. The second kappa shape index (κ2) is 7.23. The number of likely N-dealkylation sites (tertiary alicyclic amines) is 1. The number of piperidine rings is 1. The van der Waals surface area contributed by atoms with Crippen molar-refractivity contribution in [1.82, 2.24) is 9.88 Å². The number of nitrogens with two attached hydrogens (primary N) is 1. The molecule has 0 bridgehead atoms. The number of nitrogens with one attached hydrogen (secondary N) is 1. The first-order valence-corrected chi connectivity index (χ1v) is 9.26. The van der Waals surface area contributed by atoms with Crippen LogP contribution in [0.4, 0.5) is 11.5 Å². The predicted molar refractivity (Wildman–Crippen MR) is 99.2 cm³/mol. The molecule has 0 unspecified atom stereocenters. The van der Waals surface area contributed by atoms with Crippen molar-refractivity contribution in [3.8, 4) is 0 Å². The van der Waals surface area contributed by atoms with Crippen LogP contribution in [-0.4, -0.2) is 28.2 Å². The van der Waals surface area contributed by atoms with E-state index in [1.54, 1.807) is 29.2 Å². The third-order valence-corrected chi connectivity index (χ3v) is 5.28. The molecule has 0 aromatic carbocycles. The molecule has 3 rings (SSSR count). The number of carbonyl (C=O) groups is 2. The van der Waals surface area contributed by atoms with Crippen molar-refractivity contribution in [1.29, 1.82) is 0 Å². The van der Waals surface area contributed by atoms with Gasteiger partial charge in [0.1, 0.15) is 5.82 Å². The predicted octanol–water partition coefficient (Wildman–Crippen LogP) is 2.97. The second-order valence-electron chi connectivity index (χ2n) is 6.59. The molecule has 1 saturated heterocycles. The van der Waals surface area contributed by atoms with Crippen molar-refractivity contribution in [2.75, 3.05) is 17.6 Å². The Kier molecular flexibility index (Phi) is 5.03. The Morgan fingerprint density at radius 3 is 2.88 bits per heavy atom. The molecule has 7 heteroatoms.